The predicted molar refractivity (Wildman–Crippen MR) is 79.2 cm³/mol. The van der Waals surface area contributed by atoms with E-state index in [-0.39, 0.29) is 11.7 Å². The largest absolute Gasteiger partial charge is 0.336 e. The molecule has 0 bridgehead atoms. The van der Waals surface area contributed by atoms with E-state index in [1.807, 2.05) is 6.07 Å². The smallest absolute Gasteiger partial charge is 0.233 e. The highest BCUT2D eigenvalue weighted by Gasteiger charge is 2.38. The molecule has 0 unspecified atom stereocenters. The van der Waals surface area contributed by atoms with Gasteiger partial charge in [-0.2, -0.15) is 0 Å². The van der Waals surface area contributed by atoms with Crippen molar-refractivity contribution in [2.24, 2.45) is 0 Å². The Bertz CT molecular complexity index is 483. The first kappa shape index (κ1) is 13.9. The van der Waals surface area contributed by atoms with Crippen LogP contribution in [-0.4, -0.2) is 28.6 Å². The number of thioether (sulfide) groups is 1. The zero-order valence-electron chi connectivity index (χ0n) is 11.6. The number of carbonyl (C=O) groups is 1. The SMILES string of the molecule is O=C(CSc1ccccc1F)N(C1CCCC1)C1CC1. The minimum absolute atomic E-state index is 0.188. The van der Waals surface area contributed by atoms with Gasteiger partial charge in [0.2, 0.25) is 5.91 Å². The fourth-order valence-electron chi connectivity index (χ4n) is 3.02. The van der Waals surface area contributed by atoms with E-state index in [0.29, 0.717) is 22.7 Å². The minimum atomic E-state index is -0.232. The van der Waals surface area contributed by atoms with Crippen LogP contribution in [-0.2, 0) is 4.79 Å². The van der Waals surface area contributed by atoms with E-state index in [1.54, 1.807) is 12.1 Å². The molecule has 0 saturated heterocycles. The van der Waals surface area contributed by atoms with Gasteiger partial charge in [-0.15, -0.1) is 11.8 Å². The van der Waals surface area contributed by atoms with Gasteiger partial charge in [0.25, 0.3) is 0 Å². The van der Waals surface area contributed by atoms with Gasteiger partial charge in [0.15, 0.2) is 0 Å². The zero-order chi connectivity index (χ0) is 13.9. The normalized spacial score (nSPS) is 19.2. The molecule has 0 N–H and O–H groups in total. The third-order valence-corrected chi connectivity index (χ3v) is 5.17. The number of halogens is 1. The van der Waals surface area contributed by atoms with Crippen molar-refractivity contribution in [3.63, 3.8) is 0 Å². The number of hydrogen-bond acceptors (Lipinski definition) is 2. The van der Waals surface area contributed by atoms with Crippen molar-refractivity contribution in [1.82, 2.24) is 4.90 Å². The van der Waals surface area contributed by atoms with Crippen LogP contribution in [0.4, 0.5) is 4.39 Å². The molecule has 108 valence electrons. The lowest BCUT2D eigenvalue weighted by Gasteiger charge is -2.29. The highest BCUT2D eigenvalue weighted by molar-refractivity contribution is 8.00. The Kier molecular flexibility index (Phi) is 4.29. The lowest BCUT2D eigenvalue weighted by atomic mass is 10.2. The summed E-state index contributed by atoms with van der Waals surface area (Å²) in [5.74, 6) is 0.310. The van der Waals surface area contributed by atoms with Gasteiger partial charge in [-0.3, -0.25) is 4.79 Å². The highest BCUT2D eigenvalue weighted by atomic mass is 32.2. The summed E-state index contributed by atoms with van der Waals surface area (Å²) in [7, 11) is 0. The first-order chi connectivity index (χ1) is 9.75. The molecule has 0 aliphatic heterocycles. The Labute approximate surface area is 123 Å². The van der Waals surface area contributed by atoms with Crippen LogP contribution in [0.1, 0.15) is 38.5 Å². The maximum absolute atomic E-state index is 13.6. The van der Waals surface area contributed by atoms with Crippen LogP contribution in [0.5, 0.6) is 0 Å². The fraction of sp³-hybridized carbons (Fsp3) is 0.562. The van der Waals surface area contributed by atoms with Crippen molar-refractivity contribution in [1.29, 1.82) is 0 Å². The zero-order valence-corrected chi connectivity index (χ0v) is 12.4. The second-order valence-corrected chi connectivity index (χ2v) is 6.71. The quantitative estimate of drug-likeness (QED) is 0.769. The van der Waals surface area contributed by atoms with E-state index in [2.05, 4.69) is 4.90 Å². The molecule has 0 radical (unpaired) electrons. The molecule has 2 aliphatic carbocycles. The van der Waals surface area contributed by atoms with Crippen LogP contribution in [0.2, 0.25) is 0 Å². The first-order valence-corrected chi connectivity index (χ1v) is 8.43. The van der Waals surface area contributed by atoms with Gasteiger partial charge >= 0.3 is 0 Å². The standard InChI is InChI=1S/C16H20FNOS/c17-14-7-3-4-8-15(14)20-11-16(19)18(13-9-10-13)12-5-1-2-6-12/h3-4,7-8,12-13H,1-2,5-6,9-11H2. The molecule has 2 aliphatic rings. The topological polar surface area (TPSA) is 20.3 Å². The molecule has 1 aromatic carbocycles. The van der Waals surface area contributed by atoms with E-state index in [1.165, 1.54) is 30.7 Å². The van der Waals surface area contributed by atoms with E-state index < -0.39 is 0 Å². The van der Waals surface area contributed by atoms with Gasteiger partial charge in [-0.05, 0) is 37.8 Å². The van der Waals surface area contributed by atoms with E-state index in [4.69, 9.17) is 0 Å². The molecule has 0 heterocycles. The summed E-state index contributed by atoms with van der Waals surface area (Å²) >= 11 is 1.32. The summed E-state index contributed by atoms with van der Waals surface area (Å²) in [4.78, 5) is 15.2. The molecule has 0 spiro atoms. The maximum atomic E-state index is 13.6. The summed E-state index contributed by atoms with van der Waals surface area (Å²) in [6, 6.07) is 7.58. The van der Waals surface area contributed by atoms with Crippen LogP contribution in [0.3, 0.4) is 0 Å². The van der Waals surface area contributed by atoms with E-state index >= 15 is 0 Å². The number of amides is 1. The van der Waals surface area contributed by atoms with Gasteiger partial charge in [-0.25, -0.2) is 4.39 Å². The lowest BCUT2D eigenvalue weighted by Crippen LogP contribution is -2.41. The third kappa shape index (κ3) is 3.17. The number of rotatable bonds is 5. The van der Waals surface area contributed by atoms with Crippen LogP contribution in [0.25, 0.3) is 0 Å². The summed E-state index contributed by atoms with van der Waals surface area (Å²) in [6.07, 6.45) is 7.06. The number of nitrogens with zero attached hydrogens (tertiary/aromatic N) is 1. The molecular formula is C16H20FNOS. The van der Waals surface area contributed by atoms with Gasteiger partial charge in [0, 0.05) is 17.0 Å². The molecule has 2 saturated carbocycles. The lowest BCUT2D eigenvalue weighted by molar-refractivity contribution is -0.131. The second-order valence-electron chi connectivity index (χ2n) is 5.69. The van der Waals surface area contributed by atoms with E-state index in [9.17, 15) is 9.18 Å². The number of hydrogen-bond donors (Lipinski definition) is 0. The molecule has 2 fully saturated rings. The first-order valence-electron chi connectivity index (χ1n) is 7.44. The Morgan fingerprint density at radius 2 is 1.80 bits per heavy atom. The average Bonchev–Trinajstić information content (AvgIpc) is 3.13. The summed E-state index contributed by atoms with van der Waals surface area (Å²) in [5.41, 5.74) is 0. The van der Waals surface area contributed by atoms with Gasteiger partial charge in [0.05, 0.1) is 5.75 Å². The molecule has 1 aromatic rings. The van der Waals surface area contributed by atoms with Crippen molar-refractivity contribution in [2.45, 2.75) is 55.5 Å². The summed E-state index contributed by atoms with van der Waals surface area (Å²) < 4.78 is 13.6. The van der Waals surface area contributed by atoms with Crippen LogP contribution < -0.4 is 0 Å². The van der Waals surface area contributed by atoms with Gasteiger partial charge in [-0.1, -0.05) is 25.0 Å². The fourth-order valence-corrected chi connectivity index (χ4v) is 3.83. The van der Waals surface area contributed by atoms with Gasteiger partial charge in [0.1, 0.15) is 5.82 Å². The molecule has 20 heavy (non-hydrogen) atoms. The van der Waals surface area contributed by atoms with Crippen molar-refractivity contribution >= 4 is 17.7 Å². The van der Waals surface area contributed by atoms with E-state index in [0.717, 1.165) is 25.7 Å². The van der Waals surface area contributed by atoms with Crippen LogP contribution in [0.15, 0.2) is 29.2 Å². The molecule has 3 rings (SSSR count). The molecule has 4 heteroatoms. The number of benzene rings is 1. The minimum Gasteiger partial charge on any atom is -0.336 e. The summed E-state index contributed by atoms with van der Waals surface area (Å²) in [6.45, 7) is 0. The Balaban J connectivity index is 1.61. The predicted octanol–water partition coefficient (Wildman–Crippen LogP) is 3.85. The molecule has 2 nitrogen and oxygen atoms in total. The van der Waals surface area contributed by atoms with Crippen molar-refractivity contribution in [3.8, 4) is 0 Å². The van der Waals surface area contributed by atoms with Crippen LogP contribution >= 0.6 is 11.8 Å². The van der Waals surface area contributed by atoms with Crippen molar-refractivity contribution in [3.05, 3.63) is 30.1 Å². The maximum Gasteiger partial charge on any atom is 0.233 e. The average molecular weight is 293 g/mol. The Hall–Kier alpha value is -1.03. The molecule has 1 amide bonds. The second kappa shape index (κ2) is 6.17. The van der Waals surface area contributed by atoms with Crippen molar-refractivity contribution < 1.29 is 9.18 Å². The number of carbonyl (C=O) groups excluding carboxylic acids is 1. The third-order valence-electron chi connectivity index (χ3n) is 4.13. The van der Waals surface area contributed by atoms with Gasteiger partial charge < -0.3 is 4.90 Å². The Morgan fingerprint density at radius 1 is 1.15 bits per heavy atom. The highest BCUT2D eigenvalue weighted by Crippen LogP contribution is 2.35. The Morgan fingerprint density at radius 3 is 2.45 bits per heavy atom. The monoisotopic (exact) mass is 293 g/mol. The summed E-state index contributed by atoms with van der Waals surface area (Å²) in [5, 5.41) is 0. The molecule has 0 atom stereocenters. The molecule has 0 aromatic heterocycles. The molecular weight excluding hydrogens is 273 g/mol. The van der Waals surface area contributed by atoms with Crippen LogP contribution in [0, 0.1) is 5.82 Å². The van der Waals surface area contributed by atoms with Crippen molar-refractivity contribution in [2.75, 3.05) is 5.75 Å².